The number of hydrogen-bond donors (Lipinski definition) is 1. The van der Waals surface area contributed by atoms with E-state index in [2.05, 4.69) is 15.9 Å². The van der Waals surface area contributed by atoms with Crippen LogP contribution in [0, 0.1) is 5.82 Å². The molecule has 12 heavy (non-hydrogen) atoms. The molecule has 0 radical (unpaired) electrons. The van der Waals surface area contributed by atoms with E-state index in [4.69, 9.17) is 4.74 Å². The summed E-state index contributed by atoms with van der Waals surface area (Å²) >= 11 is 3.15. The molecule has 0 aromatic heterocycles. The van der Waals surface area contributed by atoms with Crippen molar-refractivity contribution in [2.45, 2.75) is 6.10 Å². The van der Waals surface area contributed by atoms with Crippen LogP contribution >= 0.6 is 15.9 Å². The molecule has 0 saturated heterocycles. The maximum Gasteiger partial charge on any atom is 0.139 e. The third-order valence-corrected chi connectivity index (χ3v) is 2.37. The zero-order valence-electron chi connectivity index (χ0n) is 6.05. The predicted molar refractivity (Wildman–Crippen MR) is 44.6 cm³/mol. The van der Waals surface area contributed by atoms with Crippen molar-refractivity contribution in [2.75, 3.05) is 6.61 Å². The van der Waals surface area contributed by atoms with E-state index >= 15 is 0 Å². The lowest BCUT2D eigenvalue weighted by molar-refractivity contribution is 0.140. The highest BCUT2D eigenvalue weighted by molar-refractivity contribution is 9.10. The van der Waals surface area contributed by atoms with Gasteiger partial charge in [-0.05, 0) is 28.1 Å². The first-order valence-corrected chi connectivity index (χ1v) is 4.27. The molecule has 1 heterocycles. The topological polar surface area (TPSA) is 29.5 Å². The maximum absolute atomic E-state index is 12.8. The minimum absolute atomic E-state index is 0.206. The Kier molecular flexibility index (Phi) is 1.81. The molecule has 0 amide bonds. The Labute approximate surface area is 77.1 Å². The lowest BCUT2D eigenvalue weighted by Crippen LogP contribution is -1.97. The van der Waals surface area contributed by atoms with Crippen molar-refractivity contribution in [3.63, 3.8) is 0 Å². The molecule has 1 atom stereocenters. The molecule has 0 saturated carbocycles. The van der Waals surface area contributed by atoms with Gasteiger partial charge >= 0.3 is 0 Å². The highest BCUT2D eigenvalue weighted by Gasteiger charge is 2.24. The monoisotopic (exact) mass is 232 g/mol. The van der Waals surface area contributed by atoms with Gasteiger partial charge < -0.3 is 9.84 Å². The minimum atomic E-state index is -0.702. The smallest absolute Gasteiger partial charge is 0.139 e. The van der Waals surface area contributed by atoms with Crippen molar-refractivity contribution in [3.8, 4) is 5.75 Å². The molecule has 1 N–H and O–H groups in total. The number of fused-ring (bicyclic) bond motifs is 1. The van der Waals surface area contributed by atoms with Crippen LogP contribution in [0.15, 0.2) is 16.6 Å². The molecule has 1 aliphatic rings. The number of hydrogen-bond acceptors (Lipinski definition) is 2. The zero-order valence-corrected chi connectivity index (χ0v) is 7.64. The van der Waals surface area contributed by atoms with Gasteiger partial charge in [-0.1, -0.05) is 0 Å². The fourth-order valence-electron chi connectivity index (χ4n) is 1.23. The second-order valence-corrected chi connectivity index (χ2v) is 3.49. The van der Waals surface area contributed by atoms with Gasteiger partial charge in [0.15, 0.2) is 0 Å². The summed E-state index contributed by atoms with van der Waals surface area (Å²) in [6, 6.07) is 2.61. The largest absolute Gasteiger partial charge is 0.489 e. The van der Waals surface area contributed by atoms with E-state index in [1.54, 1.807) is 0 Å². The summed E-state index contributed by atoms with van der Waals surface area (Å²) in [6.07, 6.45) is -0.702. The van der Waals surface area contributed by atoms with Crippen LogP contribution in [-0.2, 0) is 0 Å². The van der Waals surface area contributed by atoms with Crippen LogP contribution < -0.4 is 4.74 Å². The van der Waals surface area contributed by atoms with Crippen molar-refractivity contribution in [1.82, 2.24) is 0 Å². The van der Waals surface area contributed by atoms with Gasteiger partial charge in [0.25, 0.3) is 0 Å². The van der Waals surface area contributed by atoms with E-state index < -0.39 is 6.10 Å². The summed E-state index contributed by atoms with van der Waals surface area (Å²) in [4.78, 5) is 0. The van der Waals surface area contributed by atoms with E-state index in [0.29, 0.717) is 15.8 Å². The van der Waals surface area contributed by atoms with Crippen LogP contribution in [0.5, 0.6) is 5.75 Å². The van der Waals surface area contributed by atoms with Crippen LogP contribution in [0.1, 0.15) is 11.7 Å². The lowest BCUT2D eigenvalue weighted by Gasteiger charge is -2.01. The third-order valence-electron chi connectivity index (χ3n) is 1.78. The molecular weight excluding hydrogens is 227 g/mol. The Hall–Kier alpha value is -0.610. The van der Waals surface area contributed by atoms with Crippen molar-refractivity contribution in [2.24, 2.45) is 0 Å². The summed E-state index contributed by atoms with van der Waals surface area (Å²) in [6.45, 7) is 0.206. The van der Waals surface area contributed by atoms with Gasteiger partial charge in [0, 0.05) is 5.56 Å². The van der Waals surface area contributed by atoms with E-state index in [-0.39, 0.29) is 12.4 Å². The molecule has 0 fully saturated rings. The molecule has 2 nitrogen and oxygen atoms in total. The van der Waals surface area contributed by atoms with Gasteiger partial charge in [-0.25, -0.2) is 4.39 Å². The standard InChI is InChI=1S/C8H6BrFO2/c9-6-2-4(10)1-5-7(11)3-12-8(5)6/h1-2,7,11H,3H2. The summed E-state index contributed by atoms with van der Waals surface area (Å²) in [7, 11) is 0. The van der Waals surface area contributed by atoms with E-state index in [1.807, 2.05) is 0 Å². The number of halogens is 2. The summed E-state index contributed by atoms with van der Waals surface area (Å²) in [5.74, 6) is 0.175. The average Bonchev–Trinajstić information content (AvgIpc) is 2.33. The molecule has 1 unspecified atom stereocenters. The van der Waals surface area contributed by atoms with Gasteiger partial charge in [0.1, 0.15) is 24.3 Å². The lowest BCUT2D eigenvalue weighted by atomic mass is 10.1. The fraction of sp³-hybridized carbons (Fsp3) is 0.250. The fourth-order valence-corrected chi connectivity index (χ4v) is 1.79. The Morgan fingerprint density at radius 3 is 3.08 bits per heavy atom. The molecule has 64 valence electrons. The average molecular weight is 233 g/mol. The zero-order chi connectivity index (χ0) is 8.72. The van der Waals surface area contributed by atoms with Gasteiger partial charge in [0.2, 0.25) is 0 Å². The van der Waals surface area contributed by atoms with Crippen LogP contribution in [0.3, 0.4) is 0 Å². The van der Waals surface area contributed by atoms with E-state index in [9.17, 15) is 9.50 Å². The molecule has 0 bridgehead atoms. The van der Waals surface area contributed by atoms with Gasteiger partial charge in [0.05, 0.1) is 4.47 Å². The Bertz CT molecular complexity index is 327. The van der Waals surface area contributed by atoms with Crippen LogP contribution in [0.4, 0.5) is 4.39 Å². The van der Waals surface area contributed by atoms with E-state index in [1.165, 1.54) is 12.1 Å². The molecule has 1 aromatic rings. The van der Waals surface area contributed by atoms with Crippen molar-refractivity contribution in [3.05, 3.63) is 28.0 Å². The molecule has 4 heteroatoms. The Balaban J connectivity index is 2.60. The number of rotatable bonds is 0. The van der Waals surface area contributed by atoms with Gasteiger partial charge in [-0.2, -0.15) is 0 Å². The number of benzene rings is 1. The highest BCUT2D eigenvalue weighted by Crippen LogP contribution is 2.38. The van der Waals surface area contributed by atoms with Crippen molar-refractivity contribution < 1.29 is 14.2 Å². The first kappa shape index (κ1) is 8.01. The normalized spacial score (nSPS) is 20.4. The maximum atomic E-state index is 12.8. The second kappa shape index (κ2) is 2.71. The molecule has 0 aliphatic carbocycles. The quantitative estimate of drug-likeness (QED) is 0.742. The first-order valence-electron chi connectivity index (χ1n) is 3.48. The van der Waals surface area contributed by atoms with Gasteiger partial charge in [-0.3, -0.25) is 0 Å². The summed E-state index contributed by atoms with van der Waals surface area (Å²) in [5, 5.41) is 9.32. The second-order valence-electron chi connectivity index (χ2n) is 2.63. The number of aliphatic hydroxyl groups is 1. The number of ether oxygens (including phenoxy) is 1. The van der Waals surface area contributed by atoms with Crippen LogP contribution in [0.25, 0.3) is 0 Å². The molecular formula is C8H6BrFO2. The molecule has 1 aromatic carbocycles. The first-order chi connectivity index (χ1) is 5.68. The minimum Gasteiger partial charge on any atom is -0.489 e. The predicted octanol–water partition coefficient (Wildman–Crippen LogP) is 2.01. The highest BCUT2D eigenvalue weighted by atomic mass is 79.9. The number of aliphatic hydroxyl groups excluding tert-OH is 1. The van der Waals surface area contributed by atoms with Gasteiger partial charge in [-0.15, -0.1) is 0 Å². The SMILES string of the molecule is OC1COc2c(Br)cc(F)cc21. The molecule has 0 spiro atoms. The molecule has 2 rings (SSSR count). The Morgan fingerprint density at radius 1 is 1.58 bits per heavy atom. The third kappa shape index (κ3) is 1.11. The molecule has 1 aliphatic heterocycles. The summed E-state index contributed by atoms with van der Waals surface area (Å²) in [5.41, 5.74) is 0.516. The summed E-state index contributed by atoms with van der Waals surface area (Å²) < 4.78 is 18.5. The Morgan fingerprint density at radius 2 is 2.33 bits per heavy atom. The van der Waals surface area contributed by atoms with Crippen LogP contribution in [-0.4, -0.2) is 11.7 Å². The van der Waals surface area contributed by atoms with Crippen molar-refractivity contribution >= 4 is 15.9 Å². The van der Waals surface area contributed by atoms with Crippen molar-refractivity contribution in [1.29, 1.82) is 0 Å². The van der Waals surface area contributed by atoms with Crippen LogP contribution in [0.2, 0.25) is 0 Å². The van der Waals surface area contributed by atoms with E-state index in [0.717, 1.165) is 0 Å².